The molecule has 2 unspecified atom stereocenters. The molecule has 0 spiro atoms. The second kappa shape index (κ2) is 7.56. The molecule has 0 aromatic heterocycles. The number of nitrogens with two attached hydrogens (primary N) is 1. The van der Waals surface area contributed by atoms with E-state index in [1.807, 2.05) is 6.92 Å². The summed E-state index contributed by atoms with van der Waals surface area (Å²) in [4.78, 5) is 14.7. The summed E-state index contributed by atoms with van der Waals surface area (Å²) in [6.07, 6.45) is 4.92. The number of carbonyl (C=O) groups is 1. The van der Waals surface area contributed by atoms with Gasteiger partial charge in [0.2, 0.25) is 5.91 Å². The zero-order valence-electron chi connectivity index (χ0n) is 13.6. The minimum atomic E-state index is -0.729. The lowest BCUT2D eigenvalue weighted by atomic mass is 9.95. The Kier molecular flexibility index (Phi) is 6.02. The fraction of sp³-hybridized carbons (Fsp3) is 0.938. The third-order valence-corrected chi connectivity index (χ3v) is 4.75. The van der Waals surface area contributed by atoms with Gasteiger partial charge in [-0.15, -0.1) is 0 Å². The van der Waals surface area contributed by atoms with Crippen LogP contribution in [0.4, 0.5) is 0 Å². The minimum absolute atomic E-state index is 0.00647. The van der Waals surface area contributed by atoms with Gasteiger partial charge >= 0.3 is 0 Å². The molecule has 2 atom stereocenters. The van der Waals surface area contributed by atoms with Crippen molar-refractivity contribution in [2.75, 3.05) is 32.8 Å². The molecule has 2 aliphatic rings. The quantitative estimate of drug-likeness (QED) is 0.771. The summed E-state index contributed by atoms with van der Waals surface area (Å²) >= 11 is 0. The molecule has 0 bridgehead atoms. The van der Waals surface area contributed by atoms with Crippen LogP contribution in [-0.2, 0) is 9.53 Å². The van der Waals surface area contributed by atoms with Gasteiger partial charge in [0.1, 0.15) is 0 Å². The van der Waals surface area contributed by atoms with Crippen molar-refractivity contribution in [1.29, 1.82) is 0 Å². The van der Waals surface area contributed by atoms with E-state index in [1.165, 1.54) is 6.42 Å². The lowest BCUT2D eigenvalue weighted by molar-refractivity contribution is -0.127. The predicted octanol–water partition coefficient (Wildman–Crippen LogP) is 1.12. The van der Waals surface area contributed by atoms with Crippen molar-refractivity contribution < 1.29 is 9.53 Å². The molecule has 122 valence electrons. The van der Waals surface area contributed by atoms with Crippen molar-refractivity contribution in [2.24, 2.45) is 11.7 Å². The predicted molar refractivity (Wildman–Crippen MR) is 84.0 cm³/mol. The molecule has 5 nitrogen and oxygen atoms in total. The second-order valence-corrected chi connectivity index (χ2v) is 6.95. The number of amides is 1. The highest BCUT2D eigenvalue weighted by Crippen LogP contribution is 2.18. The molecule has 1 amide bonds. The Morgan fingerprint density at radius 3 is 2.67 bits per heavy atom. The number of ether oxygens (including phenoxy) is 1. The highest BCUT2D eigenvalue weighted by molar-refractivity contribution is 5.85. The highest BCUT2D eigenvalue weighted by Gasteiger charge is 2.30. The van der Waals surface area contributed by atoms with Crippen LogP contribution in [0.5, 0.6) is 0 Å². The topological polar surface area (TPSA) is 67.6 Å². The van der Waals surface area contributed by atoms with Crippen molar-refractivity contribution in [3.63, 3.8) is 0 Å². The van der Waals surface area contributed by atoms with E-state index < -0.39 is 5.54 Å². The molecule has 0 aromatic rings. The second-order valence-electron chi connectivity index (χ2n) is 6.95. The van der Waals surface area contributed by atoms with Gasteiger partial charge in [0.05, 0.1) is 12.1 Å². The molecule has 2 aliphatic heterocycles. The van der Waals surface area contributed by atoms with Gasteiger partial charge in [-0.1, -0.05) is 13.3 Å². The Labute approximate surface area is 128 Å². The molecule has 2 saturated heterocycles. The SMILES string of the molecule is CCCC(C)(N)C(=O)NC1CCN(CC2CCOC2)CC1. The smallest absolute Gasteiger partial charge is 0.240 e. The number of rotatable bonds is 6. The lowest BCUT2D eigenvalue weighted by Gasteiger charge is -2.35. The third-order valence-electron chi connectivity index (χ3n) is 4.75. The standard InChI is InChI=1S/C16H31N3O2/c1-3-7-16(2,17)15(20)18-14-4-8-19(9-5-14)11-13-6-10-21-12-13/h13-14H,3-12,17H2,1-2H3,(H,18,20). The van der Waals surface area contributed by atoms with Gasteiger partial charge in [-0.05, 0) is 38.5 Å². The molecule has 21 heavy (non-hydrogen) atoms. The minimum Gasteiger partial charge on any atom is -0.381 e. The number of piperidine rings is 1. The number of nitrogens with one attached hydrogen (secondary N) is 1. The maximum atomic E-state index is 12.2. The number of likely N-dealkylation sites (tertiary alicyclic amines) is 1. The molecule has 0 saturated carbocycles. The lowest BCUT2D eigenvalue weighted by Crippen LogP contribution is -2.56. The van der Waals surface area contributed by atoms with Crippen LogP contribution in [0.1, 0.15) is 46.0 Å². The maximum absolute atomic E-state index is 12.2. The Bertz CT molecular complexity index is 332. The van der Waals surface area contributed by atoms with Crippen molar-refractivity contribution in [2.45, 2.75) is 57.5 Å². The molecule has 0 aliphatic carbocycles. The fourth-order valence-corrected chi connectivity index (χ4v) is 3.34. The Morgan fingerprint density at radius 2 is 2.10 bits per heavy atom. The van der Waals surface area contributed by atoms with E-state index in [-0.39, 0.29) is 11.9 Å². The van der Waals surface area contributed by atoms with Crippen LogP contribution in [0.25, 0.3) is 0 Å². The molecular weight excluding hydrogens is 266 g/mol. The van der Waals surface area contributed by atoms with Crippen LogP contribution >= 0.6 is 0 Å². The summed E-state index contributed by atoms with van der Waals surface area (Å²) in [5.41, 5.74) is 5.36. The first-order valence-electron chi connectivity index (χ1n) is 8.41. The van der Waals surface area contributed by atoms with Crippen molar-refractivity contribution >= 4 is 5.91 Å². The average molecular weight is 297 g/mol. The van der Waals surface area contributed by atoms with Crippen LogP contribution < -0.4 is 11.1 Å². The van der Waals surface area contributed by atoms with E-state index in [9.17, 15) is 4.79 Å². The zero-order chi connectivity index (χ0) is 15.3. The van der Waals surface area contributed by atoms with Crippen LogP contribution in [0.2, 0.25) is 0 Å². The molecule has 0 radical (unpaired) electrons. The van der Waals surface area contributed by atoms with E-state index in [0.29, 0.717) is 5.92 Å². The third kappa shape index (κ3) is 4.94. The van der Waals surface area contributed by atoms with Crippen molar-refractivity contribution in [3.8, 4) is 0 Å². The fourth-order valence-electron chi connectivity index (χ4n) is 3.34. The normalized spacial score (nSPS) is 27.5. The summed E-state index contributed by atoms with van der Waals surface area (Å²) in [5.74, 6) is 0.708. The van der Waals surface area contributed by atoms with Gasteiger partial charge in [-0.3, -0.25) is 4.79 Å². The van der Waals surface area contributed by atoms with Gasteiger partial charge in [-0.25, -0.2) is 0 Å². The van der Waals surface area contributed by atoms with Crippen LogP contribution in [0.3, 0.4) is 0 Å². The summed E-state index contributed by atoms with van der Waals surface area (Å²) in [6, 6.07) is 0.285. The largest absolute Gasteiger partial charge is 0.381 e. The van der Waals surface area contributed by atoms with E-state index in [0.717, 1.165) is 58.5 Å². The van der Waals surface area contributed by atoms with Crippen LogP contribution in [-0.4, -0.2) is 55.2 Å². The molecular formula is C16H31N3O2. The molecule has 2 heterocycles. The maximum Gasteiger partial charge on any atom is 0.240 e. The Morgan fingerprint density at radius 1 is 1.38 bits per heavy atom. The first-order chi connectivity index (χ1) is 10.0. The number of carbonyl (C=O) groups excluding carboxylic acids is 1. The zero-order valence-corrected chi connectivity index (χ0v) is 13.6. The summed E-state index contributed by atoms with van der Waals surface area (Å²) in [5, 5.41) is 3.14. The molecule has 3 N–H and O–H groups in total. The van der Waals surface area contributed by atoms with Gasteiger partial charge in [0, 0.05) is 32.3 Å². The van der Waals surface area contributed by atoms with Crippen LogP contribution in [0, 0.1) is 5.92 Å². The Balaban J connectivity index is 1.69. The number of hydrogen-bond acceptors (Lipinski definition) is 4. The summed E-state index contributed by atoms with van der Waals surface area (Å²) < 4.78 is 5.44. The summed E-state index contributed by atoms with van der Waals surface area (Å²) in [6.45, 7) is 9.01. The highest BCUT2D eigenvalue weighted by atomic mass is 16.5. The van der Waals surface area contributed by atoms with E-state index in [1.54, 1.807) is 0 Å². The first kappa shape index (κ1) is 16.7. The van der Waals surface area contributed by atoms with E-state index in [4.69, 9.17) is 10.5 Å². The monoisotopic (exact) mass is 297 g/mol. The van der Waals surface area contributed by atoms with E-state index >= 15 is 0 Å². The Hall–Kier alpha value is -0.650. The molecule has 2 fully saturated rings. The molecule has 5 heteroatoms. The summed E-state index contributed by atoms with van der Waals surface area (Å²) in [7, 11) is 0. The van der Waals surface area contributed by atoms with Gasteiger partial charge in [-0.2, -0.15) is 0 Å². The van der Waals surface area contributed by atoms with Crippen molar-refractivity contribution in [3.05, 3.63) is 0 Å². The van der Waals surface area contributed by atoms with Crippen LogP contribution in [0.15, 0.2) is 0 Å². The molecule has 2 rings (SSSR count). The number of hydrogen-bond donors (Lipinski definition) is 2. The molecule has 0 aromatic carbocycles. The van der Waals surface area contributed by atoms with Gasteiger partial charge in [0.15, 0.2) is 0 Å². The van der Waals surface area contributed by atoms with Crippen molar-refractivity contribution in [1.82, 2.24) is 10.2 Å². The van der Waals surface area contributed by atoms with E-state index in [2.05, 4.69) is 17.1 Å². The average Bonchev–Trinajstić information content (AvgIpc) is 2.94. The van der Waals surface area contributed by atoms with Gasteiger partial charge < -0.3 is 20.7 Å². The van der Waals surface area contributed by atoms with Gasteiger partial charge in [0.25, 0.3) is 0 Å². The first-order valence-corrected chi connectivity index (χ1v) is 8.41. The number of nitrogens with zero attached hydrogens (tertiary/aromatic N) is 1.